The second kappa shape index (κ2) is 5.75. The van der Waals surface area contributed by atoms with E-state index in [1.807, 2.05) is 13.8 Å². The van der Waals surface area contributed by atoms with E-state index in [9.17, 15) is 4.79 Å². The molecule has 0 atom stereocenters. The third kappa shape index (κ3) is 3.16. The number of hydrogen-bond acceptors (Lipinski definition) is 3. The molecule has 0 aliphatic heterocycles. The minimum atomic E-state index is -0.230. The van der Waals surface area contributed by atoms with Gasteiger partial charge in [-0.3, -0.25) is 4.79 Å². The summed E-state index contributed by atoms with van der Waals surface area (Å²) in [6.45, 7) is 4.01. The Kier molecular flexibility index (Phi) is 4.27. The second-order valence-electron chi connectivity index (χ2n) is 4.11. The first kappa shape index (κ1) is 14.1. The number of hydrogen-bond donors (Lipinski definition) is 1. The smallest absolute Gasteiger partial charge is 0.253 e. The van der Waals surface area contributed by atoms with Crippen LogP contribution in [0.2, 0.25) is 5.02 Å². The Morgan fingerprint density at radius 1 is 1.47 bits per heavy atom. The van der Waals surface area contributed by atoms with Crippen LogP contribution in [0, 0.1) is 13.8 Å². The lowest BCUT2D eigenvalue weighted by Crippen LogP contribution is -2.23. The minimum Gasteiger partial charge on any atom is -0.361 e. The van der Waals surface area contributed by atoms with Crippen molar-refractivity contribution in [1.29, 1.82) is 0 Å². The highest BCUT2D eigenvalue weighted by Gasteiger charge is 2.13. The minimum absolute atomic E-state index is 0.230. The predicted octanol–water partition coefficient (Wildman–Crippen LogP) is 3.64. The molecule has 0 saturated heterocycles. The zero-order chi connectivity index (χ0) is 14.0. The average molecular weight is 344 g/mol. The van der Waals surface area contributed by atoms with E-state index in [4.69, 9.17) is 16.1 Å². The standard InChI is InChI=1S/C13H12BrClN2O2/c1-7-11(8(2)19-17-7)6-16-13(18)10-5-9(14)3-4-12(10)15/h3-5H,6H2,1-2H3,(H,16,18). The fourth-order valence-electron chi connectivity index (χ4n) is 1.69. The number of carbonyl (C=O) groups excluding carboxylic acids is 1. The first-order chi connectivity index (χ1) is 8.99. The average Bonchev–Trinajstić information content (AvgIpc) is 2.69. The Balaban J connectivity index is 2.12. The molecule has 1 amide bonds. The Labute approximate surface area is 124 Å². The summed E-state index contributed by atoms with van der Waals surface area (Å²) >= 11 is 9.32. The van der Waals surface area contributed by atoms with E-state index < -0.39 is 0 Å². The highest BCUT2D eigenvalue weighted by atomic mass is 79.9. The van der Waals surface area contributed by atoms with E-state index in [-0.39, 0.29) is 5.91 Å². The van der Waals surface area contributed by atoms with Gasteiger partial charge in [0.05, 0.1) is 16.3 Å². The third-order valence-electron chi connectivity index (χ3n) is 2.78. The largest absolute Gasteiger partial charge is 0.361 e. The number of nitrogens with zero attached hydrogens (tertiary/aromatic N) is 1. The quantitative estimate of drug-likeness (QED) is 0.925. The van der Waals surface area contributed by atoms with Gasteiger partial charge in [0.25, 0.3) is 5.91 Å². The van der Waals surface area contributed by atoms with Crippen LogP contribution in [0.25, 0.3) is 0 Å². The van der Waals surface area contributed by atoms with Gasteiger partial charge in [0.15, 0.2) is 0 Å². The van der Waals surface area contributed by atoms with Gasteiger partial charge in [-0.2, -0.15) is 0 Å². The SMILES string of the molecule is Cc1noc(C)c1CNC(=O)c1cc(Br)ccc1Cl. The molecule has 0 aliphatic carbocycles. The maximum Gasteiger partial charge on any atom is 0.253 e. The normalized spacial score (nSPS) is 10.5. The van der Waals surface area contributed by atoms with Crippen LogP contribution in [0.3, 0.4) is 0 Å². The lowest BCUT2D eigenvalue weighted by atomic mass is 10.2. The maximum absolute atomic E-state index is 12.1. The van der Waals surface area contributed by atoms with Gasteiger partial charge in [-0.05, 0) is 32.0 Å². The molecule has 1 aromatic carbocycles. The van der Waals surface area contributed by atoms with E-state index in [1.54, 1.807) is 18.2 Å². The van der Waals surface area contributed by atoms with Crippen molar-refractivity contribution in [2.45, 2.75) is 20.4 Å². The number of amides is 1. The summed E-state index contributed by atoms with van der Waals surface area (Å²) < 4.78 is 5.85. The van der Waals surface area contributed by atoms with Crippen LogP contribution in [-0.2, 0) is 6.54 Å². The highest BCUT2D eigenvalue weighted by Crippen LogP contribution is 2.21. The summed E-state index contributed by atoms with van der Waals surface area (Å²) in [6, 6.07) is 5.15. The number of benzene rings is 1. The Bertz CT molecular complexity index is 606. The number of carbonyl (C=O) groups is 1. The molecule has 1 N–H and O–H groups in total. The molecule has 1 heterocycles. The number of rotatable bonds is 3. The zero-order valence-electron chi connectivity index (χ0n) is 10.5. The molecule has 0 unspecified atom stereocenters. The monoisotopic (exact) mass is 342 g/mol. The lowest BCUT2D eigenvalue weighted by Gasteiger charge is -2.07. The molecule has 6 heteroatoms. The van der Waals surface area contributed by atoms with E-state index in [2.05, 4.69) is 26.4 Å². The van der Waals surface area contributed by atoms with Gasteiger partial charge in [-0.15, -0.1) is 0 Å². The van der Waals surface area contributed by atoms with Crippen LogP contribution in [0.5, 0.6) is 0 Å². The molecule has 0 fully saturated rings. The van der Waals surface area contributed by atoms with Crippen LogP contribution in [0.4, 0.5) is 0 Å². The van der Waals surface area contributed by atoms with Gasteiger partial charge in [-0.1, -0.05) is 32.7 Å². The molecule has 0 saturated carbocycles. The number of halogens is 2. The van der Waals surface area contributed by atoms with Crippen molar-refractivity contribution < 1.29 is 9.32 Å². The number of nitrogens with one attached hydrogen (secondary N) is 1. The summed E-state index contributed by atoms with van der Waals surface area (Å²) in [4.78, 5) is 12.1. The third-order valence-corrected chi connectivity index (χ3v) is 3.60. The van der Waals surface area contributed by atoms with Gasteiger partial charge >= 0.3 is 0 Å². The van der Waals surface area contributed by atoms with Crippen LogP contribution < -0.4 is 5.32 Å². The predicted molar refractivity (Wildman–Crippen MR) is 76.3 cm³/mol. The molecule has 1 aromatic heterocycles. The van der Waals surface area contributed by atoms with E-state index in [0.717, 1.165) is 15.7 Å². The van der Waals surface area contributed by atoms with Crippen molar-refractivity contribution in [2.75, 3.05) is 0 Å². The van der Waals surface area contributed by atoms with Crippen LogP contribution in [0.1, 0.15) is 27.4 Å². The molecule has 0 radical (unpaired) electrons. The Morgan fingerprint density at radius 3 is 2.84 bits per heavy atom. The maximum atomic E-state index is 12.1. The highest BCUT2D eigenvalue weighted by molar-refractivity contribution is 9.10. The summed E-state index contributed by atoms with van der Waals surface area (Å²) in [7, 11) is 0. The van der Waals surface area contributed by atoms with Crippen molar-refractivity contribution in [1.82, 2.24) is 10.5 Å². The van der Waals surface area contributed by atoms with Crippen molar-refractivity contribution in [2.24, 2.45) is 0 Å². The lowest BCUT2D eigenvalue weighted by molar-refractivity contribution is 0.0951. The van der Waals surface area contributed by atoms with Crippen LogP contribution in [-0.4, -0.2) is 11.1 Å². The summed E-state index contributed by atoms with van der Waals surface area (Å²) in [5.74, 6) is 0.476. The Hall–Kier alpha value is -1.33. The topological polar surface area (TPSA) is 55.1 Å². The zero-order valence-corrected chi connectivity index (χ0v) is 12.8. The summed E-state index contributed by atoms with van der Waals surface area (Å²) in [6.07, 6.45) is 0. The number of aromatic nitrogens is 1. The molecule has 100 valence electrons. The van der Waals surface area contributed by atoms with Crippen LogP contribution >= 0.6 is 27.5 Å². The second-order valence-corrected chi connectivity index (χ2v) is 5.43. The van der Waals surface area contributed by atoms with Gasteiger partial charge in [0, 0.05) is 16.6 Å². The molecule has 0 bridgehead atoms. The Morgan fingerprint density at radius 2 is 2.21 bits per heavy atom. The fourth-order valence-corrected chi connectivity index (χ4v) is 2.25. The molecule has 0 spiro atoms. The van der Waals surface area contributed by atoms with E-state index in [1.165, 1.54) is 0 Å². The molecule has 2 aromatic rings. The number of aryl methyl sites for hydroxylation is 2. The molecule has 4 nitrogen and oxygen atoms in total. The molecule has 19 heavy (non-hydrogen) atoms. The molecular weight excluding hydrogens is 332 g/mol. The fraction of sp³-hybridized carbons (Fsp3) is 0.231. The van der Waals surface area contributed by atoms with Crippen molar-refractivity contribution in [3.63, 3.8) is 0 Å². The summed E-state index contributed by atoms with van der Waals surface area (Å²) in [5.41, 5.74) is 2.10. The molecule has 0 aliphatic rings. The first-order valence-corrected chi connectivity index (χ1v) is 6.81. The molecule has 2 rings (SSSR count). The van der Waals surface area contributed by atoms with Crippen LogP contribution in [0.15, 0.2) is 27.2 Å². The van der Waals surface area contributed by atoms with Crippen molar-refractivity contribution in [3.05, 3.63) is 50.3 Å². The van der Waals surface area contributed by atoms with Gasteiger partial charge in [0.2, 0.25) is 0 Å². The van der Waals surface area contributed by atoms with Gasteiger partial charge in [0.1, 0.15) is 5.76 Å². The van der Waals surface area contributed by atoms with Crippen molar-refractivity contribution in [3.8, 4) is 0 Å². The van der Waals surface area contributed by atoms with Crippen molar-refractivity contribution >= 4 is 33.4 Å². The molecular formula is C13H12BrClN2O2. The van der Waals surface area contributed by atoms with E-state index in [0.29, 0.717) is 22.9 Å². The first-order valence-electron chi connectivity index (χ1n) is 5.64. The summed E-state index contributed by atoms with van der Waals surface area (Å²) in [5, 5.41) is 7.06. The van der Waals surface area contributed by atoms with Gasteiger partial charge < -0.3 is 9.84 Å². The van der Waals surface area contributed by atoms with E-state index >= 15 is 0 Å². The van der Waals surface area contributed by atoms with Gasteiger partial charge in [-0.25, -0.2) is 0 Å².